The van der Waals surface area contributed by atoms with Gasteiger partial charge >= 0.3 is 0 Å². The molecule has 2 nitrogen and oxygen atoms in total. The summed E-state index contributed by atoms with van der Waals surface area (Å²) in [6, 6.07) is 65.2. The lowest BCUT2D eigenvalue weighted by atomic mass is 9.33. The summed E-state index contributed by atoms with van der Waals surface area (Å²) in [7, 11) is 0. The van der Waals surface area contributed by atoms with Gasteiger partial charge in [0.2, 0.25) is 0 Å². The molecule has 3 aliphatic heterocycles. The van der Waals surface area contributed by atoms with Gasteiger partial charge in [-0.2, -0.15) is 0 Å². The second-order valence-corrected chi connectivity index (χ2v) is 26.5. The Morgan fingerprint density at radius 1 is 0.378 bits per heavy atom. The van der Waals surface area contributed by atoms with Crippen LogP contribution in [0.1, 0.15) is 128 Å². The van der Waals surface area contributed by atoms with Crippen LogP contribution in [0.25, 0.3) is 88.4 Å². The summed E-state index contributed by atoms with van der Waals surface area (Å²) in [6.07, 6.45) is 0. The number of hydrogen-bond donors (Lipinski definition) is 0. The molecule has 5 heterocycles. The molecular formula is C71H63BN2. The highest BCUT2D eigenvalue weighted by atomic mass is 15.1. The van der Waals surface area contributed by atoms with Crippen molar-refractivity contribution < 1.29 is 0 Å². The van der Waals surface area contributed by atoms with Crippen molar-refractivity contribution in [3.63, 3.8) is 0 Å². The molecule has 0 atom stereocenters. The minimum absolute atomic E-state index is 0.0210. The van der Waals surface area contributed by atoms with Gasteiger partial charge in [-0.25, -0.2) is 0 Å². The summed E-state index contributed by atoms with van der Waals surface area (Å²) in [5.41, 5.74) is 28.9. The number of fused-ring (bicyclic) bond motifs is 13. The molecule has 11 aromatic rings. The second kappa shape index (κ2) is 14.1. The number of benzene rings is 9. The number of rotatable bonds is 2. The molecule has 0 bridgehead atoms. The lowest BCUT2D eigenvalue weighted by molar-refractivity contribution is 0.588. The van der Waals surface area contributed by atoms with Crippen LogP contribution in [0.2, 0.25) is 0 Å². The summed E-state index contributed by atoms with van der Waals surface area (Å²) in [6.45, 7) is 28.3. The van der Waals surface area contributed by atoms with Crippen molar-refractivity contribution in [3.05, 3.63) is 208 Å². The van der Waals surface area contributed by atoms with Crippen LogP contribution in [-0.4, -0.2) is 15.8 Å². The SMILES string of the molecule is CC(C)(C)c1ccc(-c2c(-c3ccc(C(C)(C)C)cc3)n3c4c(c5ccccc5cc24)B2c4c-3ccc3c4-n4c5c2cc(C(C)(C)C)cc5c2cc(C(C)(C)C)cc(c24)C32c3ccccc3-c3ccccc32)cc1. The summed E-state index contributed by atoms with van der Waals surface area (Å²) in [5, 5.41) is 6.64. The van der Waals surface area contributed by atoms with Crippen LogP contribution >= 0.6 is 0 Å². The molecule has 1 aliphatic carbocycles. The van der Waals surface area contributed by atoms with E-state index >= 15 is 0 Å². The first-order valence-electron chi connectivity index (χ1n) is 27.1. The molecule has 74 heavy (non-hydrogen) atoms. The van der Waals surface area contributed by atoms with Crippen LogP contribution in [0, 0.1) is 0 Å². The number of aromatic nitrogens is 2. The predicted octanol–water partition coefficient (Wildman–Crippen LogP) is 16.2. The van der Waals surface area contributed by atoms with Crippen LogP contribution < -0.4 is 16.4 Å². The first-order valence-corrected chi connectivity index (χ1v) is 27.1. The molecular weight excluding hydrogens is 892 g/mol. The van der Waals surface area contributed by atoms with E-state index in [1.165, 1.54) is 149 Å². The maximum Gasteiger partial charge on any atom is 0.253 e. The van der Waals surface area contributed by atoms with Crippen LogP contribution in [0.3, 0.4) is 0 Å². The Morgan fingerprint density at radius 3 is 1.53 bits per heavy atom. The molecule has 1 spiro atoms. The lowest BCUT2D eigenvalue weighted by Crippen LogP contribution is -2.61. The minimum Gasteiger partial charge on any atom is -0.310 e. The first-order chi connectivity index (χ1) is 35.3. The zero-order valence-corrected chi connectivity index (χ0v) is 45.1. The summed E-state index contributed by atoms with van der Waals surface area (Å²) < 4.78 is 5.52. The zero-order chi connectivity index (χ0) is 50.9. The van der Waals surface area contributed by atoms with E-state index in [0.29, 0.717) is 0 Å². The Hall–Kier alpha value is -7.36. The smallest absolute Gasteiger partial charge is 0.253 e. The van der Waals surface area contributed by atoms with Gasteiger partial charge in [0.15, 0.2) is 0 Å². The van der Waals surface area contributed by atoms with Crippen LogP contribution in [0.5, 0.6) is 0 Å². The largest absolute Gasteiger partial charge is 0.310 e. The molecule has 3 heteroatoms. The standard InChI is InChI=1S/C71H63BN2/c1-67(2,3)43-29-25-40(26-30-43)59-52-35-42-19-13-14-20-47(42)60-65(52)73(62(59)41-27-31-44(32-28-41)68(4,5)6)58-34-33-55-66-61(58)72(60)57-39-46(70(10,11)12)37-51-50-36-45(69(7,8)9)38-56(63(50)74(66)64(51)57)71(55)53-23-17-15-21-48(53)49-22-16-18-24-54(49)71/h13-39H,1-12H3. The van der Waals surface area contributed by atoms with Crippen molar-refractivity contribution in [2.24, 2.45) is 0 Å². The van der Waals surface area contributed by atoms with Crippen molar-refractivity contribution in [1.82, 2.24) is 9.13 Å². The van der Waals surface area contributed by atoms with Gasteiger partial charge in [-0.1, -0.05) is 223 Å². The van der Waals surface area contributed by atoms with E-state index in [1.54, 1.807) is 0 Å². The highest BCUT2D eigenvalue weighted by Crippen LogP contribution is 2.62. The Bertz CT molecular complexity index is 4270. The Balaban J connectivity index is 1.20. The molecule has 0 amide bonds. The van der Waals surface area contributed by atoms with Crippen molar-refractivity contribution >= 4 is 66.6 Å². The van der Waals surface area contributed by atoms with Gasteiger partial charge in [0.1, 0.15) is 0 Å². The van der Waals surface area contributed by atoms with E-state index in [1.807, 2.05) is 0 Å². The third-order valence-corrected chi connectivity index (χ3v) is 18.1. The highest BCUT2D eigenvalue weighted by Gasteiger charge is 2.55. The topological polar surface area (TPSA) is 9.86 Å². The molecule has 4 aliphatic rings. The number of hydrogen-bond acceptors (Lipinski definition) is 0. The molecule has 9 aromatic carbocycles. The summed E-state index contributed by atoms with van der Waals surface area (Å²) in [5.74, 6) is 0. The third kappa shape index (κ3) is 5.48. The molecule has 0 N–H and O–H groups in total. The zero-order valence-electron chi connectivity index (χ0n) is 45.1. The van der Waals surface area contributed by atoms with Gasteiger partial charge in [-0.15, -0.1) is 0 Å². The predicted molar refractivity (Wildman–Crippen MR) is 316 cm³/mol. The fourth-order valence-corrected chi connectivity index (χ4v) is 14.4. The van der Waals surface area contributed by atoms with E-state index in [0.717, 1.165) is 0 Å². The molecule has 0 saturated carbocycles. The Kier molecular flexibility index (Phi) is 8.39. The van der Waals surface area contributed by atoms with E-state index in [9.17, 15) is 0 Å². The highest BCUT2D eigenvalue weighted by molar-refractivity contribution is 7.01. The molecule has 0 unspecified atom stereocenters. The summed E-state index contributed by atoms with van der Waals surface area (Å²) in [4.78, 5) is 0. The van der Waals surface area contributed by atoms with E-state index < -0.39 is 5.41 Å². The van der Waals surface area contributed by atoms with Crippen molar-refractivity contribution in [1.29, 1.82) is 0 Å². The van der Waals surface area contributed by atoms with Crippen molar-refractivity contribution in [2.75, 3.05) is 0 Å². The maximum atomic E-state index is 2.79. The van der Waals surface area contributed by atoms with Gasteiger partial charge in [-0.05, 0) is 140 Å². The molecule has 2 aromatic heterocycles. The average Bonchev–Trinajstić information content (AvgIpc) is 4.03. The average molecular weight is 955 g/mol. The monoisotopic (exact) mass is 955 g/mol. The van der Waals surface area contributed by atoms with Gasteiger partial charge in [-0.3, -0.25) is 0 Å². The van der Waals surface area contributed by atoms with Gasteiger partial charge < -0.3 is 9.13 Å². The maximum absolute atomic E-state index is 2.79. The summed E-state index contributed by atoms with van der Waals surface area (Å²) >= 11 is 0. The minimum atomic E-state index is -0.563. The van der Waals surface area contributed by atoms with Gasteiger partial charge in [0, 0.05) is 38.6 Å². The van der Waals surface area contributed by atoms with Gasteiger partial charge in [0.05, 0.1) is 22.1 Å². The molecule has 15 rings (SSSR count). The lowest BCUT2D eigenvalue weighted by Gasteiger charge is -2.44. The van der Waals surface area contributed by atoms with Crippen molar-refractivity contribution in [3.8, 4) is 44.9 Å². The van der Waals surface area contributed by atoms with Crippen molar-refractivity contribution in [2.45, 2.75) is 110 Å². The van der Waals surface area contributed by atoms with Crippen LogP contribution in [-0.2, 0) is 27.1 Å². The quantitative estimate of drug-likeness (QED) is 0.153. The molecule has 0 saturated heterocycles. The molecule has 360 valence electrons. The fraction of sp³-hybridized carbons (Fsp3) is 0.239. The van der Waals surface area contributed by atoms with Gasteiger partial charge in [0.25, 0.3) is 6.71 Å². The Labute approximate surface area is 436 Å². The number of nitrogens with zero attached hydrogens (tertiary/aromatic N) is 2. The van der Waals surface area contributed by atoms with Crippen LogP contribution in [0.4, 0.5) is 0 Å². The normalized spacial score (nSPS) is 14.8. The first kappa shape index (κ1) is 44.2. The molecule has 0 fully saturated rings. The fourth-order valence-electron chi connectivity index (χ4n) is 14.4. The third-order valence-electron chi connectivity index (χ3n) is 18.1. The Morgan fingerprint density at radius 2 is 0.919 bits per heavy atom. The second-order valence-electron chi connectivity index (χ2n) is 26.5. The molecule has 0 radical (unpaired) electrons. The van der Waals surface area contributed by atoms with E-state index in [2.05, 4.69) is 256 Å². The van der Waals surface area contributed by atoms with Crippen LogP contribution in [0.15, 0.2) is 164 Å². The van der Waals surface area contributed by atoms with E-state index in [-0.39, 0.29) is 28.4 Å². The van der Waals surface area contributed by atoms with E-state index in [4.69, 9.17) is 0 Å².